The minimum Gasteiger partial charge on any atom is -0.469 e. The summed E-state index contributed by atoms with van der Waals surface area (Å²) in [7, 11) is 2.87. The third-order valence-electron chi connectivity index (χ3n) is 6.44. The second-order valence-electron chi connectivity index (χ2n) is 8.90. The molecule has 0 bridgehead atoms. The summed E-state index contributed by atoms with van der Waals surface area (Å²) in [6, 6.07) is 1.94. The molecule has 0 aromatic carbocycles. The Morgan fingerprint density at radius 3 is 2.24 bits per heavy atom. The lowest BCUT2D eigenvalue weighted by atomic mass is 9.90. The number of carbonyl (C=O) groups excluding carboxylic acids is 2. The zero-order valence-corrected chi connectivity index (χ0v) is 18.3. The van der Waals surface area contributed by atoms with Gasteiger partial charge >= 0.3 is 11.9 Å². The average Bonchev–Trinajstić information content (AvgIpc) is 3.30. The molecule has 3 rings (SSSR count). The third-order valence-corrected chi connectivity index (χ3v) is 6.44. The lowest BCUT2D eigenvalue weighted by molar-refractivity contribution is -0.151. The van der Waals surface area contributed by atoms with E-state index in [2.05, 4.69) is 21.7 Å². The monoisotopic (exact) mass is 404 g/mol. The highest BCUT2D eigenvalue weighted by Crippen LogP contribution is 2.37. The fraction of sp³-hybridized carbons (Fsp3) is 0.714. The number of esters is 2. The van der Waals surface area contributed by atoms with Crippen molar-refractivity contribution in [1.29, 1.82) is 0 Å². The maximum Gasteiger partial charge on any atom is 0.313 e. The van der Waals surface area contributed by atoms with Gasteiger partial charge in [-0.3, -0.25) is 14.5 Å². The summed E-state index contributed by atoms with van der Waals surface area (Å²) in [6.45, 7) is 10.7. The quantitative estimate of drug-likeness (QED) is 0.690. The van der Waals surface area contributed by atoms with Gasteiger partial charge in [-0.05, 0) is 40.5 Å². The molecule has 0 radical (unpaired) electrons. The van der Waals surface area contributed by atoms with Gasteiger partial charge in [0, 0.05) is 37.9 Å². The van der Waals surface area contributed by atoms with Crippen molar-refractivity contribution < 1.29 is 19.1 Å². The zero-order chi connectivity index (χ0) is 21.4. The minimum atomic E-state index is -0.517. The number of aromatic nitrogens is 2. The van der Waals surface area contributed by atoms with E-state index in [1.165, 1.54) is 14.2 Å². The highest BCUT2D eigenvalue weighted by atomic mass is 16.5. The van der Waals surface area contributed by atoms with Crippen LogP contribution in [0.25, 0.3) is 0 Å². The number of methoxy groups -OCH3 is 2. The van der Waals surface area contributed by atoms with E-state index in [1.807, 2.05) is 26.8 Å². The first-order chi connectivity index (χ1) is 13.6. The molecule has 2 saturated heterocycles. The maximum atomic E-state index is 12.1. The summed E-state index contributed by atoms with van der Waals surface area (Å²) in [6.07, 6.45) is 1.49. The van der Waals surface area contributed by atoms with E-state index in [1.54, 1.807) is 0 Å². The van der Waals surface area contributed by atoms with Crippen LogP contribution in [-0.2, 0) is 19.1 Å². The topological polar surface area (TPSA) is 84.9 Å². The van der Waals surface area contributed by atoms with Crippen LogP contribution in [0.5, 0.6) is 0 Å². The highest BCUT2D eigenvalue weighted by Gasteiger charge is 2.44. The van der Waals surface area contributed by atoms with Crippen molar-refractivity contribution in [2.75, 3.05) is 45.3 Å². The Morgan fingerprint density at radius 2 is 1.62 bits per heavy atom. The summed E-state index contributed by atoms with van der Waals surface area (Å²) >= 11 is 0. The Labute approximate surface area is 172 Å². The summed E-state index contributed by atoms with van der Waals surface area (Å²) in [4.78, 5) is 38.1. The first kappa shape index (κ1) is 21.5. The van der Waals surface area contributed by atoms with E-state index < -0.39 is 10.8 Å². The number of anilines is 1. The number of hydrogen-bond acceptors (Lipinski definition) is 8. The van der Waals surface area contributed by atoms with Crippen LogP contribution < -0.4 is 4.90 Å². The summed E-state index contributed by atoms with van der Waals surface area (Å²) < 4.78 is 9.96. The van der Waals surface area contributed by atoms with Crippen LogP contribution in [0.3, 0.4) is 0 Å². The number of nitrogens with zero attached hydrogens (tertiary/aromatic N) is 4. The smallest absolute Gasteiger partial charge is 0.313 e. The van der Waals surface area contributed by atoms with Crippen LogP contribution in [-0.4, -0.2) is 67.2 Å². The standard InChI is InChI=1S/C21H32N4O4/c1-14-11-16(25-10-8-21(4,13-25)19(27)29-6)23-17(22-14)15(2)24-9-7-20(3,12-24)18(26)28-5/h11,15H,7-10,12-13H2,1-6H3/t15-,20-,21-/m1/s1. The Kier molecular flexibility index (Phi) is 5.85. The first-order valence-corrected chi connectivity index (χ1v) is 10.1. The molecule has 29 heavy (non-hydrogen) atoms. The van der Waals surface area contributed by atoms with Crippen LogP contribution >= 0.6 is 0 Å². The van der Waals surface area contributed by atoms with E-state index in [-0.39, 0.29) is 18.0 Å². The molecule has 0 saturated carbocycles. The van der Waals surface area contributed by atoms with Gasteiger partial charge in [-0.15, -0.1) is 0 Å². The van der Waals surface area contributed by atoms with Crippen molar-refractivity contribution in [3.8, 4) is 0 Å². The van der Waals surface area contributed by atoms with Gasteiger partial charge < -0.3 is 14.4 Å². The normalized spacial score (nSPS) is 28.4. The van der Waals surface area contributed by atoms with Crippen LogP contribution in [0.1, 0.15) is 51.2 Å². The molecule has 0 aliphatic carbocycles. The summed E-state index contributed by atoms with van der Waals surface area (Å²) in [5, 5.41) is 0. The van der Waals surface area contributed by atoms with Crippen LogP contribution in [0.4, 0.5) is 5.82 Å². The molecule has 0 unspecified atom stereocenters. The van der Waals surface area contributed by atoms with Gasteiger partial charge in [0.1, 0.15) is 11.6 Å². The molecule has 0 amide bonds. The number of carbonyl (C=O) groups is 2. The Hall–Kier alpha value is -2.22. The zero-order valence-electron chi connectivity index (χ0n) is 18.3. The number of likely N-dealkylation sites (tertiary alicyclic amines) is 1. The van der Waals surface area contributed by atoms with Gasteiger partial charge in [-0.1, -0.05) is 0 Å². The fourth-order valence-corrected chi connectivity index (χ4v) is 4.40. The number of rotatable bonds is 5. The van der Waals surface area contributed by atoms with Gasteiger partial charge in [0.15, 0.2) is 0 Å². The summed E-state index contributed by atoms with van der Waals surface area (Å²) in [5.41, 5.74) is -0.123. The molecule has 0 N–H and O–H groups in total. The van der Waals surface area contributed by atoms with Crippen LogP contribution in [0, 0.1) is 17.8 Å². The van der Waals surface area contributed by atoms with Crippen molar-refractivity contribution in [2.24, 2.45) is 10.8 Å². The molecular formula is C21H32N4O4. The van der Waals surface area contributed by atoms with E-state index in [4.69, 9.17) is 14.5 Å². The molecule has 2 fully saturated rings. The molecule has 8 heteroatoms. The van der Waals surface area contributed by atoms with Gasteiger partial charge in [-0.2, -0.15) is 0 Å². The first-order valence-electron chi connectivity index (χ1n) is 10.1. The van der Waals surface area contributed by atoms with E-state index in [0.29, 0.717) is 13.1 Å². The molecule has 2 aliphatic heterocycles. The van der Waals surface area contributed by atoms with Crippen LogP contribution in [0.15, 0.2) is 6.07 Å². The molecule has 1 aromatic rings. The van der Waals surface area contributed by atoms with Gasteiger partial charge in [-0.25, -0.2) is 9.97 Å². The highest BCUT2D eigenvalue weighted by molar-refractivity contribution is 5.78. The Morgan fingerprint density at radius 1 is 1.03 bits per heavy atom. The molecule has 8 nitrogen and oxygen atoms in total. The maximum absolute atomic E-state index is 12.1. The van der Waals surface area contributed by atoms with Crippen molar-refractivity contribution in [2.45, 2.75) is 46.6 Å². The van der Waals surface area contributed by atoms with Crippen molar-refractivity contribution in [3.63, 3.8) is 0 Å². The van der Waals surface area contributed by atoms with Gasteiger partial charge in [0.25, 0.3) is 0 Å². The number of hydrogen-bond donors (Lipinski definition) is 0. The van der Waals surface area contributed by atoms with E-state index in [9.17, 15) is 9.59 Å². The third kappa shape index (κ3) is 4.08. The molecule has 2 aliphatic rings. The molecule has 1 aromatic heterocycles. The lowest BCUT2D eigenvalue weighted by Gasteiger charge is -2.27. The molecule has 160 valence electrons. The van der Waals surface area contributed by atoms with Crippen molar-refractivity contribution in [1.82, 2.24) is 14.9 Å². The average molecular weight is 405 g/mol. The predicted octanol–water partition coefficient (Wildman–Crippen LogP) is 2.12. The van der Waals surface area contributed by atoms with Gasteiger partial charge in [0.05, 0.1) is 31.1 Å². The SMILES string of the molecule is COC(=O)[C@]1(C)CCN(c2cc(C)nc([C@@H](C)N3CC[C@@](C)(C(=O)OC)C3)n2)C1. The number of aryl methyl sites for hydroxylation is 1. The van der Waals surface area contributed by atoms with E-state index >= 15 is 0 Å². The van der Waals surface area contributed by atoms with Crippen molar-refractivity contribution >= 4 is 17.8 Å². The summed E-state index contributed by atoms with van der Waals surface area (Å²) in [5.74, 6) is 1.22. The molecule has 3 atom stereocenters. The van der Waals surface area contributed by atoms with E-state index in [0.717, 1.165) is 43.3 Å². The van der Waals surface area contributed by atoms with Crippen LogP contribution in [0.2, 0.25) is 0 Å². The molecular weight excluding hydrogens is 372 g/mol. The largest absolute Gasteiger partial charge is 0.469 e. The van der Waals surface area contributed by atoms with Crippen molar-refractivity contribution in [3.05, 3.63) is 17.6 Å². The predicted molar refractivity (Wildman–Crippen MR) is 108 cm³/mol. The Balaban J connectivity index is 1.78. The molecule has 0 spiro atoms. The molecule has 3 heterocycles. The second kappa shape index (κ2) is 7.89. The van der Waals surface area contributed by atoms with Gasteiger partial charge in [0.2, 0.25) is 0 Å². The number of ether oxygens (including phenoxy) is 2. The fourth-order valence-electron chi connectivity index (χ4n) is 4.40. The lowest BCUT2D eigenvalue weighted by Crippen LogP contribution is -2.35. The second-order valence-corrected chi connectivity index (χ2v) is 8.90. The Bertz CT molecular complexity index is 801. The minimum absolute atomic E-state index is 0.0188.